The lowest BCUT2D eigenvalue weighted by molar-refractivity contribution is 1.28. The molecule has 0 heterocycles. The molecule has 1 rings (SSSR count). The van der Waals surface area contributed by atoms with Crippen molar-refractivity contribution in [2.75, 3.05) is 0 Å². The van der Waals surface area contributed by atoms with E-state index in [0.717, 1.165) is 6.42 Å². The Morgan fingerprint density at radius 1 is 1.18 bits per heavy atom. The van der Waals surface area contributed by atoms with Gasteiger partial charge in [-0.25, -0.2) is 0 Å². The summed E-state index contributed by atoms with van der Waals surface area (Å²) in [4.78, 5) is 0. The van der Waals surface area contributed by atoms with Gasteiger partial charge in [0.15, 0.2) is 0 Å². The van der Waals surface area contributed by atoms with Crippen LogP contribution in [-0.2, 0) is 6.42 Å². The zero-order valence-electron chi connectivity index (χ0n) is 6.53. The topological polar surface area (TPSA) is 0 Å². The van der Waals surface area contributed by atoms with Crippen molar-refractivity contribution in [1.82, 2.24) is 0 Å². The lowest BCUT2D eigenvalue weighted by Crippen LogP contribution is -1.75. The van der Waals surface area contributed by atoms with Gasteiger partial charge in [0.05, 0.1) is 0 Å². The van der Waals surface area contributed by atoms with E-state index in [-0.39, 0.29) is 0 Å². The summed E-state index contributed by atoms with van der Waals surface area (Å²) in [5.74, 6) is 0. The second kappa shape index (κ2) is 6.64. The number of rotatable bonds is 2. The van der Waals surface area contributed by atoms with Crippen LogP contribution >= 0.6 is 0 Å². The number of allylic oxidation sites excluding steroid dienone is 1. The Labute approximate surface area is 68.6 Å². The molecular formula is C11H12. The van der Waals surface area contributed by atoms with E-state index in [4.69, 9.17) is 0 Å². The SMILES string of the molecule is C#C.C=CCc1ccccc1. The monoisotopic (exact) mass is 144 g/mol. The van der Waals surface area contributed by atoms with Crippen LogP contribution in [0.3, 0.4) is 0 Å². The van der Waals surface area contributed by atoms with Crippen molar-refractivity contribution in [3.8, 4) is 12.8 Å². The molecule has 0 bridgehead atoms. The van der Waals surface area contributed by atoms with E-state index < -0.39 is 0 Å². The number of hydrogen-bond donors (Lipinski definition) is 0. The van der Waals surface area contributed by atoms with Gasteiger partial charge in [0.25, 0.3) is 0 Å². The highest BCUT2D eigenvalue weighted by Gasteiger charge is 1.82. The van der Waals surface area contributed by atoms with E-state index in [1.807, 2.05) is 24.3 Å². The van der Waals surface area contributed by atoms with Crippen molar-refractivity contribution < 1.29 is 0 Å². The van der Waals surface area contributed by atoms with Gasteiger partial charge in [-0.3, -0.25) is 0 Å². The summed E-state index contributed by atoms with van der Waals surface area (Å²) in [6.07, 6.45) is 10.9. The van der Waals surface area contributed by atoms with E-state index in [2.05, 4.69) is 31.6 Å². The minimum Gasteiger partial charge on any atom is -0.124 e. The molecule has 0 unspecified atom stereocenters. The van der Waals surface area contributed by atoms with Crippen LogP contribution in [0, 0.1) is 12.8 Å². The molecule has 0 aliphatic heterocycles. The van der Waals surface area contributed by atoms with Gasteiger partial charge in [-0.1, -0.05) is 36.4 Å². The quantitative estimate of drug-likeness (QED) is 0.442. The van der Waals surface area contributed by atoms with Crippen molar-refractivity contribution in [2.24, 2.45) is 0 Å². The Balaban J connectivity index is 0.000000461. The summed E-state index contributed by atoms with van der Waals surface area (Å²) >= 11 is 0. The van der Waals surface area contributed by atoms with Crippen LogP contribution in [0.5, 0.6) is 0 Å². The number of hydrogen-bond acceptors (Lipinski definition) is 0. The third kappa shape index (κ3) is 4.00. The van der Waals surface area contributed by atoms with Crippen molar-refractivity contribution in [3.63, 3.8) is 0 Å². The summed E-state index contributed by atoms with van der Waals surface area (Å²) in [6, 6.07) is 10.3. The smallest absolute Gasteiger partial charge is 0.0100 e. The molecule has 0 fully saturated rings. The normalized spacial score (nSPS) is 7.45. The van der Waals surface area contributed by atoms with Crippen molar-refractivity contribution >= 4 is 0 Å². The van der Waals surface area contributed by atoms with Crippen LogP contribution < -0.4 is 0 Å². The van der Waals surface area contributed by atoms with Gasteiger partial charge in [-0.15, -0.1) is 19.4 Å². The van der Waals surface area contributed by atoms with Gasteiger partial charge in [0, 0.05) is 0 Å². The van der Waals surface area contributed by atoms with Gasteiger partial charge in [0.1, 0.15) is 0 Å². The van der Waals surface area contributed by atoms with Crippen LogP contribution in [0.25, 0.3) is 0 Å². The molecule has 1 aromatic carbocycles. The highest BCUT2D eigenvalue weighted by molar-refractivity contribution is 5.16. The Kier molecular flexibility index (Phi) is 5.74. The zero-order chi connectivity index (χ0) is 8.53. The van der Waals surface area contributed by atoms with E-state index in [0.29, 0.717) is 0 Å². The van der Waals surface area contributed by atoms with Crippen molar-refractivity contribution in [1.29, 1.82) is 0 Å². The molecule has 0 N–H and O–H groups in total. The molecule has 1 aromatic rings. The Hall–Kier alpha value is -1.48. The number of benzene rings is 1. The second-order valence-electron chi connectivity index (χ2n) is 1.98. The second-order valence-corrected chi connectivity index (χ2v) is 1.98. The van der Waals surface area contributed by atoms with E-state index in [1.54, 1.807) is 0 Å². The molecule has 56 valence electrons. The highest BCUT2D eigenvalue weighted by Crippen LogP contribution is 1.98. The Bertz CT molecular complexity index is 206. The molecule has 0 aliphatic carbocycles. The molecule has 0 nitrogen and oxygen atoms in total. The molecular weight excluding hydrogens is 132 g/mol. The molecule has 0 saturated heterocycles. The first-order chi connectivity index (χ1) is 5.43. The molecule has 0 radical (unpaired) electrons. The summed E-state index contributed by atoms with van der Waals surface area (Å²) in [6.45, 7) is 3.66. The first-order valence-corrected chi connectivity index (χ1v) is 3.41. The maximum Gasteiger partial charge on any atom is -0.0100 e. The Morgan fingerprint density at radius 2 is 1.73 bits per heavy atom. The average Bonchev–Trinajstić information content (AvgIpc) is 2.11. The lowest BCUT2D eigenvalue weighted by atomic mass is 10.2. The first-order valence-electron chi connectivity index (χ1n) is 3.41. The largest absolute Gasteiger partial charge is 0.124 e. The molecule has 0 aromatic heterocycles. The van der Waals surface area contributed by atoms with Crippen LogP contribution in [0.15, 0.2) is 43.0 Å². The third-order valence-electron chi connectivity index (χ3n) is 1.22. The molecule has 0 atom stereocenters. The van der Waals surface area contributed by atoms with Crippen LogP contribution in [0.4, 0.5) is 0 Å². The third-order valence-corrected chi connectivity index (χ3v) is 1.22. The molecule has 0 heteroatoms. The predicted octanol–water partition coefficient (Wildman–Crippen LogP) is 2.66. The van der Waals surface area contributed by atoms with E-state index in [1.165, 1.54) is 5.56 Å². The summed E-state index contributed by atoms with van der Waals surface area (Å²) in [5.41, 5.74) is 1.33. The molecule has 0 amide bonds. The van der Waals surface area contributed by atoms with Gasteiger partial charge in [0.2, 0.25) is 0 Å². The molecule has 11 heavy (non-hydrogen) atoms. The maximum atomic E-state index is 4.00. The van der Waals surface area contributed by atoms with Crippen molar-refractivity contribution in [3.05, 3.63) is 48.6 Å². The zero-order valence-corrected chi connectivity index (χ0v) is 6.53. The fourth-order valence-corrected chi connectivity index (χ4v) is 0.781. The van der Waals surface area contributed by atoms with Crippen LogP contribution in [0.1, 0.15) is 5.56 Å². The van der Waals surface area contributed by atoms with Gasteiger partial charge >= 0.3 is 0 Å². The number of terminal acetylenes is 1. The van der Waals surface area contributed by atoms with Crippen LogP contribution in [0.2, 0.25) is 0 Å². The van der Waals surface area contributed by atoms with E-state index in [9.17, 15) is 0 Å². The van der Waals surface area contributed by atoms with Crippen LogP contribution in [-0.4, -0.2) is 0 Å². The first kappa shape index (κ1) is 9.52. The molecule has 0 saturated carbocycles. The van der Waals surface area contributed by atoms with Gasteiger partial charge in [-0.2, -0.15) is 0 Å². The maximum absolute atomic E-state index is 4.00. The molecule has 0 aliphatic rings. The van der Waals surface area contributed by atoms with E-state index >= 15 is 0 Å². The summed E-state index contributed by atoms with van der Waals surface area (Å²) in [7, 11) is 0. The average molecular weight is 144 g/mol. The standard InChI is InChI=1S/C9H10.C2H2/c1-2-6-9-7-4-3-5-8-9;1-2/h2-5,7-8H,1,6H2;1-2H. The highest BCUT2D eigenvalue weighted by atomic mass is 13.9. The lowest BCUT2D eigenvalue weighted by Gasteiger charge is -1.91. The van der Waals surface area contributed by atoms with Gasteiger partial charge in [-0.05, 0) is 12.0 Å². The Morgan fingerprint density at radius 3 is 2.18 bits per heavy atom. The summed E-state index contributed by atoms with van der Waals surface area (Å²) < 4.78 is 0. The fourth-order valence-electron chi connectivity index (χ4n) is 0.781. The van der Waals surface area contributed by atoms with Gasteiger partial charge < -0.3 is 0 Å². The fraction of sp³-hybridized carbons (Fsp3) is 0.0909. The minimum atomic E-state index is 0.973. The minimum absolute atomic E-state index is 0.973. The molecule has 0 spiro atoms. The van der Waals surface area contributed by atoms with Crippen molar-refractivity contribution in [2.45, 2.75) is 6.42 Å². The summed E-state index contributed by atoms with van der Waals surface area (Å²) in [5, 5.41) is 0. The predicted molar refractivity (Wildman–Crippen MR) is 50.2 cm³/mol.